The summed E-state index contributed by atoms with van der Waals surface area (Å²) in [6.45, 7) is 1.26. The van der Waals surface area contributed by atoms with Crippen molar-refractivity contribution in [3.05, 3.63) is 109 Å². The van der Waals surface area contributed by atoms with E-state index in [4.69, 9.17) is 5.11 Å². The van der Waals surface area contributed by atoms with Gasteiger partial charge in [0.25, 0.3) is 0 Å². The summed E-state index contributed by atoms with van der Waals surface area (Å²) in [6, 6.07) is 33.2. The van der Waals surface area contributed by atoms with Gasteiger partial charge in [-0.05, 0) is 66.2 Å². The number of Topliss-reactive ketones (excluding diaryl/α,β-unsaturated/α-hetero) is 3. The topological polar surface area (TPSA) is 166 Å². The first-order valence-corrected chi connectivity index (χ1v) is 15.3. The second-order valence-electron chi connectivity index (χ2n) is 9.37. The Hall–Kier alpha value is -4.94. The van der Waals surface area contributed by atoms with Crippen LogP contribution in [0.1, 0.15) is 26.2 Å². The Kier molecular flexibility index (Phi) is 13.8. The molecule has 45 heavy (non-hydrogen) atoms. The maximum Gasteiger partial charge on any atom is 0.372 e. The van der Waals surface area contributed by atoms with E-state index >= 15 is 0 Å². The number of fused-ring (bicyclic) bond motifs is 2. The van der Waals surface area contributed by atoms with Crippen LogP contribution in [0.2, 0.25) is 0 Å². The quantitative estimate of drug-likeness (QED) is 0.0709. The molecule has 0 fully saturated rings. The molecule has 11 heteroatoms. The molecule has 0 unspecified atom stereocenters. The van der Waals surface area contributed by atoms with Crippen molar-refractivity contribution < 1.29 is 24.3 Å². The van der Waals surface area contributed by atoms with Crippen LogP contribution in [-0.4, -0.2) is 38.4 Å². The molecule has 230 valence electrons. The normalized spacial score (nSPS) is 9.93. The standard InChI is InChI=1S/2C13H9NS.C8H10O5.H4N2/c2*1-2-7-12-10(5-1)9-13(15-12)11-6-3-4-8-14-11;1-5(9)4-6(10)2-3-7(11)8(12)13;1-2/h2*1-9H;2-4H2,1H3,(H,12,13);1-2H2. The average Bonchev–Trinajstić information content (AvgIpc) is 3.71. The van der Waals surface area contributed by atoms with E-state index in [0.717, 1.165) is 11.4 Å². The van der Waals surface area contributed by atoms with Crippen LogP contribution in [0, 0.1) is 0 Å². The predicted molar refractivity (Wildman–Crippen MR) is 181 cm³/mol. The largest absolute Gasteiger partial charge is 0.476 e. The van der Waals surface area contributed by atoms with Crippen LogP contribution in [-0.2, 0) is 19.2 Å². The van der Waals surface area contributed by atoms with Crippen molar-refractivity contribution in [3.8, 4) is 21.1 Å². The number of nitrogens with zero attached hydrogens (tertiary/aromatic N) is 2. The number of pyridine rings is 2. The first kappa shape index (κ1) is 34.5. The van der Waals surface area contributed by atoms with Gasteiger partial charge in [0.2, 0.25) is 5.78 Å². The Balaban J connectivity index is 0.000000180. The van der Waals surface area contributed by atoms with Crippen molar-refractivity contribution in [2.24, 2.45) is 11.7 Å². The van der Waals surface area contributed by atoms with Crippen LogP contribution in [0.3, 0.4) is 0 Å². The van der Waals surface area contributed by atoms with E-state index in [1.165, 1.54) is 36.9 Å². The van der Waals surface area contributed by atoms with Crippen LogP contribution < -0.4 is 11.7 Å². The summed E-state index contributed by atoms with van der Waals surface area (Å²) < 4.78 is 2.64. The van der Waals surface area contributed by atoms with Gasteiger partial charge in [0.15, 0.2) is 0 Å². The molecule has 0 saturated carbocycles. The van der Waals surface area contributed by atoms with Gasteiger partial charge in [0.1, 0.15) is 11.6 Å². The molecule has 4 aromatic heterocycles. The highest BCUT2D eigenvalue weighted by atomic mass is 32.1. The van der Waals surface area contributed by atoms with Gasteiger partial charge < -0.3 is 5.11 Å². The zero-order chi connectivity index (χ0) is 32.6. The van der Waals surface area contributed by atoms with Gasteiger partial charge in [-0.3, -0.25) is 36.0 Å². The molecule has 4 heterocycles. The van der Waals surface area contributed by atoms with E-state index in [2.05, 4.69) is 82.3 Å². The van der Waals surface area contributed by atoms with Crippen molar-refractivity contribution >= 4 is 66.2 Å². The number of rotatable bonds is 8. The van der Waals surface area contributed by atoms with E-state index in [9.17, 15) is 19.2 Å². The molecule has 5 N–H and O–H groups in total. The number of benzene rings is 2. The molecule has 0 aliphatic rings. The van der Waals surface area contributed by atoms with Crippen LogP contribution >= 0.6 is 22.7 Å². The molecule has 0 bridgehead atoms. The van der Waals surface area contributed by atoms with Crippen molar-refractivity contribution in [1.82, 2.24) is 9.97 Å². The second-order valence-corrected chi connectivity index (χ2v) is 11.5. The first-order chi connectivity index (χ1) is 21.8. The molecular formula is C34H32N4O5S2. The van der Waals surface area contributed by atoms with Crippen LogP contribution in [0.5, 0.6) is 0 Å². The summed E-state index contributed by atoms with van der Waals surface area (Å²) in [5.41, 5.74) is 2.11. The highest BCUT2D eigenvalue weighted by Gasteiger charge is 2.14. The van der Waals surface area contributed by atoms with Gasteiger partial charge in [-0.25, -0.2) is 4.79 Å². The highest BCUT2D eigenvalue weighted by Crippen LogP contribution is 2.32. The number of nitrogens with two attached hydrogens (primary N) is 2. The Bertz CT molecular complexity index is 1680. The van der Waals surface area contributed by atoms with Crippen molar-refractivity contribution in [3.63, 3.8) is 0 Å². The molecule has 0 saturated heterocycles. The van der Waals surface area contributed by atoms with Crippen LogP contribution in [0.25, 0.3) is 41.3 Å². The summed E-state index contributed by atoms with van der Waals surface area (Å²) in [5, 5.41) is 10.7. The maximum absolute atomic E-state index is 10.8. The molecule has 0 spiro atoms. The third kappa shape index (κ3) is 10.9. The lowest BCUT2D eigenvalue weighted by Gasteiger charge is -1.94. The third-order valence-corrected chi connectivity index (χ3v) is 8.28. The number of carbonyl (C=O) groups excluding carboxylic acids is 3. The minimum atomic E-state index is -1.55. The van der Waals surface area contributed by atoms with Crippen molar-refractivity contribution in [1.29, 1.82) is 0 Å². The fraction of sp³-hybridized carbons (Fsp3) is 0.118. The Morgan fingerprint density at radius 3 is 1.49 bits per heavy atom. The van der Waals surface area contributed by atoms with Gasteiger partial charge in [0, 0.05) is 34.6 Å². The summed E-state index contributed by atoms with van der Waals surface area (Å²) in [4.78, 5) is 52.9. The third-order valence-electron chi connectivity index (χ3n) is 6.00. The summed E-state index contributed by atoms with van der Waals surface area (Å²) in [6.07, 6.45) is 2.93. The summed E-state index contributed by atoms with van der Waals surface area (Å²) in [7, 11) is 0. The smallest absolute Gasteiger partial charge is 0.372 e. The Morgan fingerprint density at radius 1 is 0.667 bits per heavy atom. The lowest BCUT2D eigenvalue weighted by molar-refractivity contribution is -0.149. The zero-order valence-corrected chi connectivity index (χ0v) is 26.1. The summed E-state index contributed by atoms with van der Waals surface area (Å²) in [5.74, 6) is 4.77. The molecule has 6 aromatic rings. The zero-order valence-electron chi connectivity index (χ0n) is 24.5. The Morgan fingerprint density at radius 2 is 1.11 bits per heavy atom. The van der Waals surface area contributed by atoms with Gasteiger partial charge in [-0.15, -0.1) is 22.7 Å². The van der Waals surface area contributed by atoms with Gasteiger partial charge in [0.05, 0.1) is 27.6 Å². The van der Waals surface area contributed by atoms with Gasteiger partial charge in [-0.2, -0.15) is 0 Å². The molecule has 0 amide bonds. The first-order valence-electron chi connectivity index (χ1n) is 13.7. The fourth-order valence-corrected chi connectivity index (χ4v) is 6.04. The number of hydrogen-bond acceptors (Lipinski definition) is 10. The molecule has 0 aliphatic carbocycles. The SMILES string of the molecule is CC(=O)CC(=O)CCC(=O)C(=O)O.NN.c1ccc(-c2cc3ccccc3s2)nc1.c1ccc(-c2cc3ccccc3s2)nc1. The van der Waals surface area contributed by atoms with Gasteiger partial charge >= 0.3 is 5.97 Å². The monoisotopic (exact) mass is 640 g/mol. The number of carboxylic acid groups (broad SMARTS) is 1. The van der Waals surface area contributed by atoms with Gasteiger partial charge in [-0.1, -0.05) is 48.5 Å². The van der Waals surface area contributed by atoms with Crippen LogP contribution in [0.4, 0.5) is 0 Å². The second kappa shape index (κ2) is 18.0. The van der Waals surface area contributed by atoms with E-state index in [1.807, 2.05) is 48.8 Å². The number of carbonyl (C=O) groups is 4. The molecule has 0 radical (unpaired) electrons. The lowest BCUT2D eigenvalue weighted by atomic mass is 10.1. The number of ketones is 3. The molecule has 2 aromatic carbocycles. The minimum Gasteiger partial charge on any atom is -0.476 e. The minimum absolute atomic E-state index is 0.176. The van der Waals surface area contributed by atoms with E-state index in [1.54, 1.807) is 22.7 Å². The van der Waals surface area contributed by atoms with Crippen molar-refractivity contribution in [2.75, 3.05) is 0 Å². The highest BCUT2D eigenvalue weighted by molar-refractivity contribution is 7.22. The number of aliphatic carboxylic acids is 1. The van der Waals surface area contributed by atoms with E-state index in [0.29, 0.717) is 0 Å². The lowest BCUT2D eigenvalue weighted by Crippen LogP contribution is -2.14. The van der Waals surface area contributed by atoms with Crippen LogP contribution in [0.15, 0.2) is 109 Å². The number of aromatic nitrogens is 2. The Labute approximate surface area is 268 Å². The average molecular weight is 641 g/mol. The number of carboxylic acids is 1. The maximum atomic E-state index is 10.8. The number of thiophene rings is 2. The summed E-state index contributed by atoms with van der Waals surface area (Å²) >= 11 is 3.58. The van der Waals surface area contributed by atoms with E-state index < -0.39 is 17.5 Å². The predicted octanol–water partition coefficient (Wildman–Crippen LogP) is 6.71. The number of hydrogen-bond donors (Lipinski definition) is 3. The number of hydrazine groups is 1. The molecule has 9 nitrogen and oxygen atoms in total. The molecule has 0 atom stereocenters. The molecule has 6 rings (SSSR count). The molecular weight excluding hydrogens is 609 g/mol. The van der Waals surface area contributed by atoms with Crippen molar-refractivity contribution in [2.45, 2.75) is 26.2 Å². The van der Waals surface area contributed by atoms with E-state index in [-0.39, 0.29) is 25.0 Å². The molecule has 0 aliphatic heterocycles. The fourth-order valence-electron chi connectivity index (χ4n) is 3.96.